The first-order valence-electron chi connectivity index (χ1n) is 0.783. The van der Waals surface area contributed by atoms with Crippen molar-refractivity contribution in [3.8, 4) is 0 Å². The maximum Gasteiger partial charge on any atom is 2.00 e. The molecule has 0 spiro atoms. The fourth-order valence-electron chi connectivity index (χ4n) is 0. The third-order valence-corrected chi connectivity index (χ3v) is 0. The van der Waals surface area contributed by atoms with Gasteiger partial charge in [0.2, 0.25) is 0 Å². The standard InChI is InChI=1S/3Ca.H3O4P.Zn/c;;;1-5(2,3)4;/h;;;(H3,1,2,3,4);/q3*+2;;+2. The molecule has 9 heteroatoms. The summed E-state index contributed by atoms with van der Waals surface area (Å²) in [5, 5.41) is 0. The van der Waals surface area contributed by atoms with E-state index in [-0.39, 0.29) is 133 Å². The first-order valence-corrected chi connectivity index (χ1v) is 2.35. The molecular weight excluding hydrogens is 281 g/mol. The molecule has 0 bridgehead atoms. The second-order valence-electron chi connectivity index (χ2n) is 0.513. The first kappa shape index (κ1) is 29.2. The zero-order chi connectivity index (χ0) is 4.50. The molecule has 0 aromatic rings. The second-order valence-corrected chi connectivity index (χ2v) is 1.54. The molecular formula is H3Ca3O4PZn+8. The predicted octanol–water partition coefficient (Wildman–Crippen LogP) is -2.07. The first-order chi connectivity index (χ1) is 2.00. The summed E-state index contributed by atoms with van der Waals surface area (Å²) in [4.78, 5) is 21.6. The van der Waals surface area contributed by atoms with Crippen molar-refractivity contribution in [2.24, 2.45) is 0 Å². The maximum absolute atomic E-state index is 8.88. The van der Waals surface area contributed by atoms with Crippen LogP contribution in [0.4, 0.5) is 0 Å². The van der Waals surface area contributed by atoms with Gasteiger partial charge in [0.1, 0.15) is 0 Å². The van der Waals surface area contributed by atoms with Crippen LogP contribution in [0.3, 0.4) is 0 Å². The molecule has 0 aromatic carbocycles. The third kappa shape index (κ3) is 67.9. The summed E-state index contributed by atoms with van der Waals surface area (Å²) in [5.74, 6) is 0. The van der Waals surface area contributed by atoms with E-state index >= 15 is 0 Å². The van der Waals surface area contributed by atoms with Crippen molar-refractivity contribution in [2.45, 2.75) is 0 Å². The van der Waals surface area contributed by atoms with E-state index in [9.17, 15) is 0 Å². The van der Waals surface area contributed by atoms with Crippen LogP contribution in [0.5, 0.6) is 0 Å². The Labute approximate surface area is 156 Å². The summed E-state index contributed by atoms with van der Waals surface area (Å²) < 4.78 is 8.88. The molecule has 0 aliphatic heterocycles. The van der Waals surface area contributed by atoms with E-state index < -0.39 is 7.82 Å². The molecule has 0 amide bonds. The Hall–Kier alpha value is 4.51. The summed E-state index contributed by atoms with van der Waals surface area (Å²) >= 11 is 0. The summed E-state index contributed by atoms with van der Waals surface area (Å²) in [6.45, 7) is 0. The third-order valence-electron chi connectivity index (χ3n) is 0. The van der Waals surface area contributed by atoms with Gasteiger partial charge in [-0.05, 0) is 0 Å². The Balaban J connectivity index is -0.0000000133. The van der Waals surface area contributed by atoms with Crippen LogP contribution in [-0.4, -0.2) is 128 Å². The summed E-state index contributed by atoms with van der Waals surface area (Å²) in [6.07, 6.45) is 0. The molecule has 0 aliphatic carbocycles. The van der Waals surface area contributed by atoms with Gasteiger partial charge in [0.25, 0.3) is 0 Å². The normalized spacial score (nSPS) is 6.56. The van der Waals surface area contributed by atoms with E-state index in [4.69, 9.17) is 19.2 Å². The van der Waals surface area contributed by atoms with Crippen molar-refractivity contribution < 1.29 is 38.7 Å². The molecule has 0 saturated carbocycles. The number of hydrogen-bond acceptors (Lipinski definition) is 1. The smallest absolute Gasteiger partial charge is 0.303 e. The van der Waals surface area contributed by atoms with Crippen molar-refractivity contribution in [1.29, 1.82) is 0 Å². The monoisotopic (exact) mass is 282 g/mol. The molecule has 9 heavy (non-hydrogen) atoms. The van der Waals surface area contributed by atoms with Crippen molar-refractivity contribution in [3.63, 3.8) is 0 Å². The van der Waals surface area contributed by atoms with Gasteiger partial charge < -0.3 is 14.7 Å². The van der Waals surface area contributed by atoms with E-state index in [0.717, 1.165) is 0 Å². The molecule has 0 atom stereocenters. The Morgan fingerprint density at radius 3 is 0.889 bits per heavy atom. The van der Waals surface area contributed by atoms with Crippen LogP contribution in [0.2, 0.25) is 0 Å². The predicted molar refractivity (Wildman–Crippen MR) is 31.5 cm³/mol. The molecule has 0 aromatic heterocycles. The van der Waals surface area contributed by atoms with E-state index in [1.54, 1.807) is 0 Å². The number of hydrogen-bond donors (Lipinski definition) is 3. The summed E-state index contributed by atoms with van der Waals surface area (Å²) in [6, 6.07) is 0. The van der Waals surface area contributed by atoms with Gasteiger partial charge in [0, 0.05) is 0 Å². The molecule has 0 rings (SSSR count). The average molecular weight is 284 g/mol. The van der Waals surface area contributed by atoms with Gasteiger partial charge in [0.15, 0.2) is 0 Å². The fourth-order valence-corrected chi connectivity index (χ4v) is 0. The van der Waals surface area contributed by atoms with Crippen molar-refractivity contribution in [2.75, 3.05) is 0 Å². The molecule has 0 saturated heterocycles. The average Bonchev–Trinajstić information content (AvgIpc) is 0.722. The molecule has 32 valence electrons. The molecule has 0 unspecified atom stereocenters. The molecule has 0 aliphatic rings. The van der Waals surface area contributed by atoms with E-state index in [1.165, 1.54) is 0 Å². The van der Waals surface area contributed by atoms with Crippen molar-refractivity contribution >= 4 is 121 Å². The SMILES string of the molecule is O=P(O)(O)O.[Ca+2].[Ca+2].[Ca+2].[Zn+2]. The van der Waals surface area contributed by atoms with Crippen LogP contribution in [-0.2, 0) is 24.0 Å². The van der Waals surface area contributed by atoms with Gasteiger partial charge in [-0.3, -0.25) is 0 Å². The van der Waals surface area contributed by atoms with Crippen LogP contribution in [0.25, 0.3) is 0 Å². The van der Waals surface area contributed by atoms with E-state index in [2.05, 4.69) is 0 Å². The molecule has 0 fully saturated rings. The van der Waals surface area contributed by atoms with Gasteiger partial charge in [-0.25, -0.2) is 4.57 Å². The van der Waals surface area contributed by atoms with Gasteiger partial charge in [-0.15, -0.1) is 0 Å². The minimum Gasteiger partial charge on any atom is -0.303 e. The van der Waals surface area contributed by atoms with E-state index in [1.807, 2.05) is 0 Å². The van der Waals surface area contributed by atoms with Crippen LogP contribution in [0, 0.1) is 0 Å². The quantitative estimate of drug-likeness (QED) is 0.352. The van der Waals surface area contributed by atoms with Crippen LogP contribution < -0.4 is 0 Å². The van der Waals surface area contributed by atoms with Crippen LogP contribution in [0.15, 0.2) is 0 Å². The Bertz CT molecular complexity index is 61.9. The summed E-state index contributed by atoms with van der Waals surface area (Å²) in [7, 11) is -4.64. The Kier molecular flexibility index (Phi) is 48.7. The van der Waals surface area contributed by atoms with Gasteiger partial charge >= 0.3 is 141 Å². The van der Waals surface area contributed by atoms with Crippen LogP contribution in [0.1, 0.15) is 0 Å². The van der Waals surface area contributed by atoms with Gasteiger partial charge in [0.05, 0.1) is 0 Å². The zero-order valence-corrected chi connectivity index (χ0v) is 15.5. The second kappa shape index (κ2) is 15.0. The van der Waals surface area contributed by atoms with Crippen molar-refractivity contribution in [3.05, 3.63) is 0 Å². The Morgan fingerprint density at radius 2 is 0.889 bits per heavy atom. The van der Waals surface area contributed by atoms with E-state index in [0.29, 0.717) is 0 Å². The number of rotatable bonds is 0. The van der Waals surface area contributed by atoms with Crippen LogP contribution >= 0.6 is 7.82 Å². The molecule has 4 nitrogen and oxygen atoms in total. The topological polar surface area (TPSA) is 77.8 Å². The zero-order valence-electron chi connectivity index (χ0n) is 5.03. The minimum absolute atomic E-state index is 0. The molecule has 0 radical (unpaired) electrons. The largest absolute Gasteiger partial charge is 2.00 e. The Morgan fingerprint density at radius 1 is 0.889 bits per heavy atom. The van der Waals surface area contributed by atoms with Crippen molar-refractivity contribution in [1.82, 2.24) is 0 Å². The summed E-state index contributed by atoms with van der Waals surface area (Å²) in [5.41, 5.74) is 0. The number of phosphoric acid groups is 1. The maximum atomic E-state index is 8.88. The fraction of sp³-hybridized carbons (Fsp3) is 0. The van der Waals surface area contributed by atoms with Gasteiger partial charge in [-0.2, -0.15) is 0 Å². The molecule has 3 N–H and O–H groups in total. The molecule has 0 heterocycles. The van der Waals surface area contributed by atoms with Gasteiger partial charge in [-0.1, -0.05) is 0 Å². The minimum atomic E-state index is -4.64.